The standard InChI is InChI=1S/C21H18F4N4O5/c1-26-18-12-4-2-10(8-15(12)34-28-18)27-19(31)16(30)17-20(32)29(6-7-33-17)11-3-5-13(14(22)9-11)21(23,24)25/h2-5,8-9,16-17,30H,6-7H2,1H3,(H,26,28)(H,27,31)/t16-,17-/m1/s1. The van der Waals surface area contributed by atoms with E-state index in [4.69, 9.17) is 9.26 Å². The first-order valence-corrected chi connectivity index (χ1v) is 9.96. The highest BCUT2D eigenvalue weighted by molar-refractivity contribution is 6.04. The summed E-state index contributed by atoms with van der Waals surface area (Å²) in [5.41, 5.74) is -1.02. The lowest BCUT2D eigenvalue weighted by Gasteiger charge is -2.34. The number of ether oxygens (including phenoxy) is 1. The Bertz CT molecular complexity index is 1250. The highest BCUT2D eigenvalue weighted by Gasteiger charge is 2.40. The van der Waals surface area contributed by atoms with Gasteiger partial charge >= 0.3 is 6.18 Å². The number of hydrogen-bond acceptors (Lipinski definition) is 7. The Balaban J connectivity index is 1.49. The summed E-state index contributed by atoms with van der Waals surface area (Å²) in [6.07, 6.45) is -8.49. The van der Waals surface area contributed by atoms with Crippen LogP contribution in [0, 0.1) is 5.82 Å². The molecule has 1 aliphatic rings. The first kappa shape index (κ1) is 23.4. The third-order valence-electron chi connectivity index (χ3n) is 5.22. The average molecular weight is 482 g/mol. The van der Waals surface area contributed by atoms with Gasteiger partial charge in [0.2, 0.25) is 0 Å². The van der Waals surface area contributed by atoms with Gasteiger partial charge in [-0.05, 0) is 30.3 Å². The molecule has 13 heteroatoms. The van der Waals surface area contributed by atoms with Crippen molar-refractivity contribution < 1.29 is 41.5 Å². The molecule has 34 heavy (non-hydrogen) atoms. The number of carbonyl (C=O) groups is 2. The van der Waals surface area contributed by atoms with Crippen LogP contribution < -0.4 is 15.5 Å². The number of nitrogens with zero attached hydrogens (tertiary/aromatic N) is 2. The number of alkyl halides is 3. The number of aliphatic hydroxyl groups excluding tert-OH is 1. The molecule has 2 atom stereocenters. The van der Waals surface area contributed by atoms with Crippen molar-refractivity contribution in [2.24, 2.45) is 0 Å². The number of rotatable bonds is 5. The van der Waals surface area contributed by atoms with Crippen molar-refractivity contribution in [1.29, 1.82) is 0 Å². The number of fused-ring (bicyclic) bond motifs is 1. The summed E-state index contributed by atoms with van der Waals surface area (Å²) in [4.78, 5) is 26.3. The molecule has 1 aromatic heterocycles. The maximum atomic E-state index is 14.0. The Morgan fingerprint density at radius 3 is 2.71 bits per heavy atom. The molecular formula is C21H18F4N4O5. The molecule has 9 nitrogen and oxygen atoms in total. The normalized spacial score (nSPS) is 17.6. The van der Waals surface area contributed by atoms with E-state index in [1.807, 2.05) is 0 Å². The van der Waals surface area contributed by atoms with Gasteiger partial charge in [-0.2, -0.15) is 13.2 Å². The molecule has 0 radical (unpaired) electrons. The highest BCUT2D eigenvalue weighted by atomic mass is 19.4. The summed E-state index contributed by atoms with van der Waals surface area (Å²) in [7, 11) is 1.66. The van der Waals surface area contributed by atoms with Crippen LogP contribution in [0.2, 0.25) is 0 Å². The van der Waals surface area contributed by atoms with E-state index < -0.39 is 41.6 Å². The predicted octanol–water partition coefficient (Wildman–Crippen LogP) is 2.76. The number of anilines is 3. The molecule has 1 fully saturated rings. The molecule has 2 heterocycles. The molecule has 180 valence electrons. The third-order valence-corrected chi connectivity index (χ3v) is 5.22. The minimum absolute atomic E-state index is 0.107. The molecule has 0 spiro atoms. The summed E-state index contributed by atoms with van der Waals surface area (Å²) in [5.74, 6) is -2.93. The number of aromatic nitrogens is 1. The number of carbonyl (C=O) groups excluding carboxylic acids is 2. The van der Waals surface area contributed by atoms with Crippen LogP contribution >= 0.6 is 0 Å². The summed E-state index contributed by atoms with van der Waals surface area (Å²) in [6.45, 7) is -0.245. The van der Waals surface area contributed by atoms with Gasteiger partial charge in [0.25, 0.3) is 11.8 Å². The highest BCUT2D eigenvalue weighted by Crippen LogP contribution is 2.34. The van der Waals surface area contributed by atoms with Crippen LogP contribution in [-0.2, 0) is 20.5 Å². The number of amides is 2. The van der Waals surface area contributed by atoms with Crippen LogP contribution in [0.15, 0.2) is 40.9 Å². The van der Waals surface area contributed by atoms with E-state index in [1.165, 1.54) is 12.1 Å². The second-order valence-corrected chi connectivity index (χ2v) is 7.37. The van der Waals surface area contributed by atoms with Crippen LogP contribution in [0.5, 0.6) is 0 Å². The van der Waals surface area contributed by atoms with Crippen LogP contribution in [0.3, 0.4) is 0 Å². The van der Waals surface area contributed by atoms with Crippen LogP contribution in [0.1, 0.15) is 5.56 Å². The monoisotopic (exact) mass is 482 g/mol. The molecule has 0 aliphatic carbocycles. The zero-order valence-electron chi connectivity index (χ0n) is 17.5. The Morgan fingerprint density at radius 2 is 2.03 bits per heavy atom. The van der Waals surface area contributed by atoms with E-state index in [-0.39, 0.29) is 24.5 Å². The number of halogens is 4. The lowest BCUT2D eigenvalue weighted by Crippen LogP contribution is -2.55. The van der Waals surface area contributed by atoms with Crippen molar-refractivity contribution in [3.05, 3.63) is 47.8 Å². The lowest BCUT2D eigenvalue weighted by atomic mass is 10.1. The number of morpholine rings is 1. The second kappa shape index (κ2) is 8.91. The van der Waals surface area contributed by atoms with E-state index in [9.17, 15) is 32.3 Å². The van der Waals surface area contributed by atoms with Gasteiger partial charge < -0.3 is 29.9 Å². The molecule has 2 amide bonds. The van der Waals surface area contributed by atoms with Crippen molar-refractivity contribution in [2.75, 3.05) is 35.7 Å². The van der Waals surface area contributed by atoms with Crippen molar-refractivity contribution in [3.8, 4) is 0 Å². The van der Waals surface area contributed by atoms with Gasteiger partial charge in [-0.25, -0.2) is 4.39 Å². The van der Waals surface area contributed by atoms with Gasteiger partial charge in [-0.1, -0.05) is 5.16 Å². The third kappa shape index (κ3) is 4.39. The number of aliphatic hydroxyl groups is 1. The Kier molecular flexibility index (Phi) is 6.15. The fourth-order valence-electron chi connectivity index (χ4n) is 3.54. The molecule has 0 unspecified atom stereocenters. The quantitative estimate of drug-likeness (QED) is 0.479. The molecule has 2 aromatic carbocycles. The van der Waals surface area contributed by atoms with E-state index in [1.54, 1.807) is 13.1 Å². The minimum atomic E-state index is -4.89. The lowest BCUT2D eigenvalue weighted by molar-refractivity contribution is -0.150. The zero-order valence-corrected chi connectivity index (χ0v) is 17.5. The summed E-state index contributed by atoms with van der Waals surface area (Å²) < 4.78 is 62.8. The van der Waals surface area contributed by atoms with Gasteiger partial charge in [-0.15, -0.1) is 0 Å². The van der Waals surface area contributed by atoms with Crippen molar-refractivity contribution in [1.82, 2.24) is 5.16 Å². The summed E-state index contributed by atoms with van der Waals surface area (Å²) in [6, 6.07) is 6.65. The van der Waals surface area contributed by atoms with Crippen LogP contribution in [0.4, 0.5) is 34.8 Å². The summed E-state index contributed by atoms with van der Waals surface area (Å²) >= 11 is 0. The maximum Gasteiger partial charge on any atom is 0.419 e. The van der Waals surface area contributed by atoms with Crippen LogP contribution in [0.25, 0.3) is 11.0 Å². The molecule has 3 N–H and O–H groups in total. The Hall–Kier alpha value is -3.71. The van der Waals surface area contributed by atoms with Gasteiger partial charge in [0.1, 0.15) is 5.82 Å². The largest absolute Gasteiger partial charge is 0.419 e. The Morgan fingerprint density at radius 1 is 1.26 bits per heavy atom. The number of hydrogen-bond donors (Lipinski definition) is 3. The van der Waals surface area contributed by atoms with Gasteiger partial charge in [0, 0.05) is 31.0 Å². The van der Waals surface area contributed by atoms with Crippen molar-refractivity contribution in [3.63, 3.8) is 0 Å². The van der Waals surface area contributed by atoms with E-state index in [0.717, 1.165) is 11.0 Å². The Labute approximate surface area is 189 Å². The predicted molar refractivity (Wildman–Crippen MR) is 112 cm³/mol. The average Bonchev–Trinajstić information content (AvgIpc) is 3.20. The molecule has 1 saturated heterocycles. The topological polar surface area (TPSA) is 117 Å². The molecule has 0 saturated carbocycles. The fourth-order valence-corrected chi connectivity index (χ4v) is 3.54. The van der Waals surface area contributed by atoms with Gasteiger partial charge in [0.15, 0.2) is 23.6 Å². The van der Waals surface area contributed by atoms with Gasteiger partial charge in [-0.3, -0.25) is 9.59 Å². The van der Waals surface area contributed by atoms with Crippen molar-refractivity contribution >= 4 is 40.0 Å². The SMILES string of the molecule is CNc1noc2cc(NC(=O)[C@H](O)[C@H]3OCCN(c4ccc(C(F)(F)F)c(F)c4)C3=O)ccc12. The fraction of sp³-hybridized carbons (Fsp3) is 0.286. The van der Waals surface area contributed by atoms with E-state index >= 15 is 0 Å². The van der Waals surface area contributed by atoms with Crippen molar-refractivity contribution in [2.45, 2.75) is 18.4 Å². The minimum Gasteiger partial charge on any atom is -0.380 e. The first-order valence-electron chi connectivity index (χ1n) is 9.96. The molecular weight excluding hydrogens is 464 g/mol. The number of benzene rings is 2. The zero-order chi connectivity index (χ0) is 24.6. The van der Waals surface area contributed by atoms with Crippen LogP contribution in [-0.4, -0.2) is 54.5 Å². The van der Waals surface area contributed by atoms with E-state index in [0.29, 0.717) is 28.9 Å². The van der Waals surface area contributed by atoms with E-state index in [2.05, 4.69) is 15.8 Å². The maximum absolute atomic E-state index is 14.0. The number of nitrogens with one attached hydrogen (secondary N) is 2. The molecule has 3 aromatic rings. The molecule has 1 aliphatic heterocycles. The molecule has 4 rings (SSSR count). The second-order valence-electron chi connectivity index (χ2n) is 7.37. The van der Waals surface area contributed by atoms with Gasteiger partial charge in [0.05, 0.1) is 17.6 Å². The summed E-state index contributed by atoms with van der Waals surface area (Å²) in [5, 5.41) is 20.2. The first-order chi connectivity index (χ1) is 16.1. The smallest absolute Gasteiger partial charge is 0.380 e. The molecule has 0 bridgehead atoms.